The van der Waals surface area contributed by atoms with Gasteiger partial charge in [0.2, 0.25) is 0 Å². The average Bonchev–Trinajstić information content (AvgIpc) is 2.25. The summed E-state index contributed by atoms with van der Waals surface area (Å²) in [5, 5.41) is 3.54. The molecule has 0 amide bonds. The van der Waals surface area contributed by atoms with Gasteiger partial charge in [-0.2, -0.15) is 11.8 Å². The van der Waals surface area contributed by atoms with Gasteiger partial charge >= 0.3 is 0 Å². The van der Waals surface area contributed by atoms with Crippen LogP contribution in [0.2, 0.25) is 0 Å². The summed E-state index contributed by atoms with van der Waals surface area (Å²) >= 11 is 1.89. The summed E-state index contributed by atoms with van der Waals surface area (Å²) in [6.45, 7) is 4.48. The van der Waals surface area contributed by atoms with E-state index in [0.29, 0.717) is 18.9 Å². The van der Waals surface area contributed by atoms with E-state index in [1.165, 1.54) is 12.2 Å². The highest BCUT2D eigenvalue weighted by Crippen LogP contribution is 2.06. The first-order chi connectivity index (χ1) is 6.86. The molecule has 0 radical (unpaired) electrons. The van der Waals surface area contributed by atoms with Crippen LogP contribution in [0.3, 0.4) is 0 Å². The molecule has 0 aromatic rings. The van der Waals surface area contributed by atoms with Gasteiger partial charge in [0.25, 0.3) is 0 Å². The van der Waals surface area contributed by atoms with Crippen molar-refractivity contribution in [1.29, 1.82) is 0 Å². The van der Waals surface area contributed by atoms with Crippen LogP contribution < -0.4 is 5.32 Å². The first-order valence-corrected chi connectivity index (χ1v) is 6.67. The molecule has 3 nitrogen and oxygen atoms in total. The number of hydrogen-bond donors (Lipinski definition) is 1. The van der Waals surface area contributed by atoms with E-state index in [1.807, 2.05) is 11.8 Å². The van der Waals surface area contributed by atoms with Gasteiger partial charge in [0.05, 0.1) is 12.7 Å². The van der Waals surface area contributed by atoms with Gasteiger partial charge in [0.1, 0.15) is 6.79 Å². The van der Waals surface area contributed by atoms with Gasteiger partial charge in [-0.3, -0.25) is 0 Å². The van der Waals surface area contributed by atoms with Crippen molar-refractivity contribution in [3.05, 3.63) is 0 Å². The van der Waals surface area contributed by atoms with Gasteiger partial charge in [-0.05, 0) is 19.1 Å². The minimum atomic E-state index is 0.347. The molecule has 0 aromatic carbocycles. The van der Waals surface area contributed by atoms with Gasteiger partial charge < -0.3 is 14.8 Å². The molecule has 1 fully saturated rings. The maximum Gasteiger partial charge on any atom is 0.147 e. The monoisotopic (exact) mass is 219 g/mol. The van der Waals surface area contributed by atoms with Gasteiger partial charge in [-0.1, -0.05) is 6.92 Å². The smallest absolute Gasteiger partial charge is 0.147 e. The molecule has 1 rings (SSSR count). The van der Waals surface area contributed by atoms with E-state index in [9.17, 15) is 0 Å². The molecule has 1 aliphatic heterocycles. The molecular weight excluding hydrogens is 198 g/mol. The van der Waals surface area contributed by atoms with Crippen molar-refractivity contribution >= 4 is 11.8 Å². The van der Waals surface area contributed by atoms with Crippen molar-refractivity contribution in [3.8, 4) is 0 Å². The zero-order valence-corrected chi connectivity index (χ0v) is 9.94. The third-order valence-electron chi connectivity index (χ3n) is 2.47. The third kappa shape index (κ3) is 4.64. The highest BCUT2D eigenvalue weighted by Gasteiger charge is 2.15. The van der Waals surface area contributed by atoms with E-state index in [1.54, 1.807) is 0 Å². The SMILES string of the molecule is CCC(CSC)NCC1CCOCO1. The number of hydrogen-bond acceptors (Lipinski definition) is 4. The largest absolute Gasteiger partial charge is 0.355 e. The van der Waals surface area contributed by atoms with Crippen molar-refractivity contribution in [2.24, 2.45) is 0 Å². The maximum absolute atomic E-state index is 5.46. The molecule has 0 spiro atoms. The Kier molecular flexibility index (Phi) is 6.60. The highest BCUT2D eigenvalue weighted by atomic mass is 32.2. The molecule has 0 bridgehead atoms. The molecule has 84 valence electrons. The molecule has 0 aliphatic carbocycles. The van der Waals surface area contributed by atoms with Crippen molar-refractivity contribution in [1.82, 2.24) is 5.32 Å². The molecule has 1 heterocycles. The summed E-state index contributed by atoms with van der Waals surface area (Å²) in [7, 11) is 0. The zero-order valence-electron chi connectivity index (χ0n) is 9.12. The Labute approximate surface area is 90.9 Å². The third-order valence-corrected chi connectivity index (χ3v) is 3.20. The number of ether oxygens (including phenoxy) is 2. The lowest BCUT2D eigenvalue weighted by atomic mass is 10.2. The maximum atomic E-state index is 5.46. The summed E-state index contributed by atoms with van der Waals surface area (Å²) in [6, 6.07) is 0.622. The van der Waals surface area contributed by atoms with Crippen LogP contribution in [0.1, 0.15) is 19.8 Å². The summed E-state index contributed by atoms with van der Waals surface area (Å²) in [4.78, 5) is 0. The second-order valence-corrected chi connectivity index (χ2v) is 4.48. The lowest BCUT2D eigenvalue weighted by Crippen LogP contribution is -2.40. The van der Waals surface area contributed by atoms with Crippen molar-refractivity contribution in [2.75, 3.05) is 32.0 Å². The molecule has 1 N–H and O–H groups in total. The molecular formula is C10H21NO2S. The molecule has 0 aromatic heterocycles. The second-order valence-electron chi connectivity index (χ2n) is 3.57. The first kappa shape index (κ1) is 12.3. The second kappa shape index (κ2) is 7.51. The number of nitrogens with one attached hydrogen (secondary N) is 1. The van der Waals surface area contributed by atoms with Gasteiger partial charge in [0, 0.05) is 18.3 Å². The fourth-order valence-electron chi connectivity index (χ4n) is 1.48. The van der Waals surface area contributed by atoms with Crippen molar-refractivity contribution < 1.29 is 9.47 Å². The van der Waals surface area contributed by atoms with Crippen LogP contribution in [0, 0.1) is 0 Å². The lowest BCUT2D eigenvalue weighted by molar-refractivity contribution is -0.137. The number of rotatable bonds is 6. The average molecular weight is 219 g/mol. The van der Waals surface area contributed by atoms with Crippen LogP contribution in [0.25, 0.3) is 0 Å². The van der Waals surface area contributed by atoms with Crippen LogP contribution in [-0.4, -0.2) is 44.1 Å². The number of thioether (sulfide) groups is 1. The van der Waals surface area contributed by atoms with Crippen LogP contribution in [0.15, 0.2) is 0 Å². The molecule has 4 heteroatoms. The van der Waals surface area contributed by atoms with Crippen LogP contribution in [-0.2, 0) is 9.47 Å². The predicted octanol–water partition coefficient (Wildman–Crippen LogP) is 1.48. The van der Waals surface area contributed by atoms with Crippen LogP contribution in [0.5, 0.6) is 0 Å². The van der Waals surface area contributed by atoms with E-state index in [4.69, 9.17) is 9.47 Å². The first-order valence-electron chi connectivity index (χ1n) is 5.28. The van der Waals surface area contributed by atoms with E-state index < -0.39 is 0 Å². The fourth-order valence-corrected chi connectivity index (χ4v) is 2.24. The molecule has 2 atom stereocenters. The minimum Gasteiger partial charge on any atom is -0.355 e. The van der Waals surface area contributed by atoms with E-state index in [0.717, 1.165) is 19.6 Å². The standard InChI is InChI=1S/C10H21NO2S/c1-3-9(7-14-2)11-6-10-4-5-12-8-13-10/h9-11H,3-8H2,1-2H3. The summed E-state index contributed by atoms with van der Waals surface area (Å²) < 4.78 is 10.6. The predicted molar refractivity (Wildman–Crippen MR) is 60.8 cm³/mol. The molecule has 14 heavy (non-hydrogen) atoms. The fraction of sp³-hybridized carbons (Fsp3) is 1.00. The Hall–Kier alpha value is 0.230. The molecule has 1 aliphatic rings. The van der Waals surface area contributed by atoms with Crippen molar-refractivity contribution in [2.45, 2.75) is 31.9 Å². The van der Waals surface area contributed by atoms with E-state index >= 15 is 0 Å². The normalized spacial score (nSPS) is 24.9. The molecule has 0 saturated carbocycles. The van der Waals surface area contributed by atoms with Crippen LogP contribution >= 0.6 is 11.8 Å². The van der Waals surface area contributed by atoms with Gasteiger partial charge in [-0.15, -0.1) is 0 Å². The van der Waals surface area contributed by atoms with E-state index in [-0.39, 0.29) is 0 Å². The Bertz CT molecular complexity index is 135. The summed E-state index contributed by atoms with van der Waals surface area (Å²) in [5.74, 6) is 1.18. The Morgan fingerprint density at radius 3 is 3.00 bits per heavy atom. The summed E-state index contributed by atoms with van der Waals surface area (Å²) in [5.41, 5.74) is 0. The quantitative estimate of drug-likeness (QED) is 0.733. The minimum absolute atomic E-state index is 0.347. The van der Waals surface area contributed by atoms with Gasteiger partial charge in [0.15, 0.2) is 0 Å². The van der Waals surface area contributed by atoms with E-state index in [2.05, 4.69) is 18.5 Å². The van der Waals surface area contributed by atoms with Crippen LogP contribution in [0.4, 0.5) is 0 Å². The molecule has 1 saturated heterocycles. The summed E-state index contributed by atoms with van der Waals surface area (Å²) in [6.07, 6.45) is 4.70. The lowest BCUT2D eigenvalue weighted by Gasteiger charge is -2.25. The zero-order chi connectivity index (χ0) is 10.2. The van der Waals surface area contributed by atoms with Gasteiger partial charge in [-0.25, -0.2) is 0 Å². The topological polar surface area (TPSA) is 30.5 Å². The highest BCUT2D eigenvalue weighted by molar-refractivity contribution is 7.98. The Morgan fingerprint density at radius 2 is 2.43 bits per heavy atom. The van der Waals surface area contributed by atoms with Crippen molar-refractivity contribution in [3.63, 3.8) is 0 Å². The Balaban J connectivity index is 2.10. The molecule has 2 unspecified atom stereocenters. The Morgan fingerprint density at radius 1 is 1.57 bits per heavy atom.